The van der Waals surface area contributed by atoms with Crippen LogP contribution in [0.2, 0.25) is 0 Å². The van der Waals surface area contributed by atoms with E-state index in [1.165, 1.54) is 5.56 Å². The minimum Gasteiger partial charge on any atom is -0.365 e. The van der Waals surface area contributed by atoms with Crippen LogP contribution in [0.1, 0.15) is 5.56 Å². The van der Waals surface area contributed by atoms with Gasteiger partial charge in [0.05, 0.1) is 6.04 Å². The quantitative estimate of drug-likeness (QED) is 0.733. The lowest BCUT2D eigenvalue weighted by atomic mass is 10.1. The van der Waals surface area contributed by atoms with Crippen LogP contribution in [-0.4, -0.2) is 36.1 Å². The predicted octanol–water partition coefficient (Wildman–Crippen LogP) is 1.12. The number of pyridine rings is 1. The minimum atomic E-state index is 0.584. The topological polar surface area (TPSA) is 28.2 Å². The molecule has 1 N–H and O–H groups in total. The van der Waals surface area contributed by atoms with Gasteiger partial charge >= 0.3 is 0 Å². The van der Waals surface area contributed by atoms with Crippen molar-refractivity contribution in [1.29, 1.82) is 0 Å². The molecule has 2 heterocycles. The molecule has 1 aliphatic rings. The fourth-order valence-corrected chi connectivity index (χ4v) is 1.55. The Balaban J connectivity index is 1.91. The molecule has 70 valence electrons. The molecular formula is C10H15N3. The molecule has 1 saturated heterocycles. The van der Waals surface area contributed by atoms with Crippen LogP contribution < -0.4 is 5.32 Å². The Labute approximate surface area is 78.8 Å². The van der Waals surface area contributed by atoms with Gasteiger partial charge in [-0.25, -0.2) is 4.98 Å². The normalized spacial score (nSPS) is 18.3. The molecular weight excluding hydrogens is 162 g/mol. The van der Waals surface area contributed by atoms with Crippen molar-refractivity contribution in [2.75, 3.05) is 25.5 Å². The van der Waals surface area contributed by atoms with Crippen molar-refractivity contribution in [2.45, 2.75) is 13.0 Å². The van der Waals surface area contributed by atoms with Crippen LogP contribution in [0.4, 0.5) is 5.82 Å². The van der Waals surface area contributed by atoms with Gasteiger partial charge in [0, 0.05) is 19.3 Å². The average Bonchev–Trinajstić information content (AvgIpc) is 2.06. The van der Waals surface area contributed by atoms with Crippen LogP contribution in [0.15, 0.2) is 18.3 Å². The van der Waals surface area contributed by atoms with E-state index in [9.17, 15) is 0 Å². The summed E-state index contributed by atoms with van der Waals surface area (Å²) in [5, 5.41) is 3.38. The maximum atomic E-state index is 4.30. The van der Waals surface area contributed by atoms with E-state index in [4.69, 9.17) is 0 Å². The molecule has 0 amide bonds. The fourth-order valence-electron chi connectivity index (χ4n) is 1.55. The Bertz CT molecular complexity index is 275. The van der Waals surface area contributed by atoms with Gasteiger partial charge in [0.25, 0.3) is 0 Å². The highest BCUT2D eigenvalue weighted by Crippen LogP contribution is 2.11. The molecule has 1 aliphatic heterocycles. The number of rotatable bonds is 2. The van der Waals surface area contributed by atoms with Crippen molar-refractivity contribution in [3.63, 3.8) is 0 Å². The zero-order valence-electron chi connectivity index (χ0n) is 8.12. The Morgan fingerprint density at radius 3 is 2.77 bits per heavy atom. The largest absolute Gasteiger partial charge is 0.365 e. The predicted molar refractivity (Wildman–Crippen MR) is 53.9 cm³/mol. The van der Waals surface area contributed by atoms with Crippen molar-refractivity contribution in [1.82, 2.24) is 9.88 Å². The molecule has 1 aromatic rings. The maximum absolute atomic E-state index is 4.30. The summed E-state index contributed by atoms with van der Waals surface area (Å²) in [7, 11) is 2.13. The van der Waals surface area contributed by atoms with E-state index in [0.717, 1.165) is 18.9 Å². The summed E-state index contributed by atoms with van der Waals surface area (Å²) in [5.74, 6) is 0.990. The monoisotopic (exact) mass is 177 g/mol. The SMILES string of the molecule is Cc1ccc(NC2CN(C)C2)nc1. The van der Waals surface area contributed by atoms with E-state index >= 15 is 0 Å². The molecule has 0 atom stereocenters. The van der Waals surface area contributed by atoms with Crippen LogP contribution in [0.25, 0.3) is 0 Å². The highest BCUT2D eigenvalue weighted by molar-refractivity contribution is 5.37. The zero-order valence-corrected chi connectivity index (χ0v) is 8.12. The van der Waals surface area contributed by atoms with Crippen LogP contribution in [0.5, 0.6) is 0 Å². The Hall–Kier alpha value is -1.09. The van der Waals surface area contributed by atoms with Gasteiger partial charge in [-0.2, -0.15) is 0 Å². The molecule has 3 nitrogen and oxygen atoms in total. The van der Waals surface area contributed by atoms with Crippen LogP contribution in [0, 0.1) is 6.92 Å². The maximum Gasteiger partial charge on any atom is 0.126 e. The van der Waals surface area contributed by atoms with Crippen LogP contribution in [-0.2, 0) is 0 Å². The third-order valence-electron chi connectivity index (χ3n) is 2.33. The summed E-state index contributed by atoms with van der Waals surface area (Å²) in [6.45, 7) is 4.29. The van der Waals surface area contributed by atoms with Crippen LogP contribution >= 0.6 is 0 Å². The summed E-state index contributed by atoms with van der Waals surface area (Å²) < 4.78 is 0. The Morgan fingerprint density at radius 1 is 1.46 bits per heavy atom. The minimum absolute atomic E-state index is 0.584. The van der Waals surface area contributed by atoms with E-state index < -0.39 is 0 Å². The molecule has 13 heavy (non-hydrogen) atoms. The molecule has 0 saturated carbocycles. The number of aromatic nitrogens is 1. The fraction of sp³-hybridized carbons (Fsp3) is 0.500. The van der Waals surface area contributed by atoms with Crippen LogP contribution in [0.3, 0.4) is 0 Å². The first-order chi connectivity index (χ1) is 6.24. The van der Waals surface area contributed by atoms with Gasteiger partial charge in [-0.15, -0.1) is 0 Å². The van der Waals surface area contributed by atoms with Crippen molar-refractivity contribution in [2.24, 2.45) is 0 Å². The van der Waals surface area contributed by atoms with Crippen molar-refractivity contribution in [3.8, 4) is 0 Å². The average molecular weight is 177 g/mol. The first-order valence-electron chi connectivity index (χ1n) is 4.62. The van der Waals surface area contributed by atoms with Gasteiger partial charge in [0.15, 0.2) is 0 Å². The van der Waals surface area contributed by atoms with E-state index in [1.807, 2.05) is 19.2 Å². The Morgan fingerprint density at radius 2 is 2.23 bits per heavy atom. The summed E-state index contributed by atoms with van der Waals surface area (Å²) in [6, 6.07) is 4.70. The molecule has 1 aromatic heterocycles. The van der Waals surface area contributed by atoms with Crippen molar-refractivity contribution >= 4 is 5.82 Å². The smallest absolute Gasteiger partial charge is 0.126 e. The lowest BCUT2D eigenvalue weighted by Gasteiger charge is -2.36. The number of nitrogens with zero attached hydrogens (tertiary/aromatic N) is 2. The third-order valence-corrected chi connectivity index (χ3v) is 2.33. The summed E-state index contributed by atoms with van der Waals surface area (Å²) >= 11 is 0. The van der Waals surface area contributed by atoms with E-state index in [1.54, 1.807) is 0 Å². The van der Waals surface area contributed by atoms with Crippen molar-refractivity contribution in [3.05, 3.63) is 23.9 Å². The zero-order chi connectivity index (χ0) is 9.26. The molecule has 3 heteroatoms. The second-order valence-electron chi connectivity index (χ2n) is 3.78. The lowest BCUT2D eigenvalue weighted by Crippen LogP contribution is -2.52. The standard InChI is InChI=1S/C10H15N3/c1-8-3-4-10(11-5-8)12-9-6-13(2)7-9/h3-5,9H,6-7H2,1-2H3,(H,11,12). The highest BCUT2D eigenvalue weighted by atomic mass is 15.2. The van der Waals surface area contributed by atoms with Gasteiger partial charge in [0.2, 0.25) is 0 Å². The summed E-state index contributed by atoms with van der Waals surface area (Å²) in [4.78, 5) is 6.58. The molecule has 2 rings (SSSR count). The number of likely N-dealkylation sites (tertiary alicyclic amines) is 1. The molecule has 0 aliphatic carbocycles. The van der Waals surface area contributed by atoms with Gasteiger partial charge < -0.3 is 10.2 Å². The van der Waals surface area contributed by atoms with E-state index in [0.29, 0.717) is 6.04 Å². The number of hydrogen-bond acceptors (Lipinski definition) is 3. The van der Waals surface area contributed by atoms with Gasteiger partial charge in [-0.3, -0.25) is 0 Å². The second-order valence-corrected chi connectivity index (χ2v) is 3.78. The first kappa shape index (κ1) is 8.51. The number of nitrogens with one attached hydrogen (secondary N) is 1. The molecule has 0 aromatic carbocycles. The summed E-state index contributed by atoms with van der Waals surface area (Å²) in [5.41, 5.74) is 1.20. The second kappa shape index (κ2) is 3.34. The molecule has 0 bridgehead atoms. The molecule has 0 radical (unpaired) electrons. The molecule has 1 fully saturated rings. The van der Waals surface area contributed by atoms with E-state index in [-0.39, 0.29) is 0 Å². The van der Waals surface area contributed by atoms with Crippen molar-refractivity contribution < 1.29 is 0 Å². The lowest BCUT2D eigenvalue weighted by molar-refractivity contribution is 0.205. The number of hydrogen-bond donors (Lipinski definition) is 1. The molecule has 0 spiro atoms. The van der Waals surface area contributed by atoms with Gasteiger partial charge in [-0.1, -0.05) is 6.07 Å². The highest BCUT2D eigenvalue weighted by Gasteiger charge is 2.22. The first-order valence-corrected chi connectivity index (χ1v) is 4.62. The number of likely N-dealkylation sites (N-methyl/N-ethyl adjacent to an activating group) is 1. The van der Waals surface area contributed by atoms with Gasteiger partial charge in [0.1, 0.15) is 5.82 Å². The third kappa shape index (κ3) is 1.98. The van der Waals surface area contributed by atoms with Gasteiger partial charge in [-0.05, 0) is 25.6 Å². The summed E-state index contributed by atoms with van der Waals surface area (Å²) in [6.07, 6.45) is 1.89. The van der Waals surface area contributed by atoms with E-state index in [2.05, 4.69) is 28.3 Å². The molecule has 0 unspecified atom stereocenters. The Kier molecular flexibility index (Phi) is 2.19. The number of aryl methyl sites for hydroxylation is 1. The number of anilines is 1.